The van der Waals surface area contributed by atoms with Crippen molar-refractivity contribution >= 4 is 0 Å². The zero-order valence-electron chi connectivity index (χ0n) is 11.1. The predicted octanol–water partition coefficient (Wildman–Crippen LogP) is 3.68. The van der Waals surface area contributed by atoms with Gasteiger partial charge in [0.2, 0.25) is 0 Å². The topological polar surface area (TPSA) is 12.0 Å². The Morgan fingerprint density at radius 1 is 1.07 bits per heavy atom. The van der Waals surface area contributed by atoms with E-state index < -0.39 is 0 Å². The summed E-state index contributed by atoms with van der Waals surface area (Å²) in [4.78, 5) is 0. The summed E-state index contributed by atoms with van der Waals surface area (Å²) in [5.41, 5.74) is 3.20. The molecule has 1 rings (SSSR count). The molecule has 0 saturated heterocycles. The molecular formula is C14H25N. The van der Waals surface area contributed by atoms with Gasteiger partial charge < -0.3 is 5.32 Å². The number of likely N-dealkylation sites (N-methyl/N-ethyl adjacent to an activating group) is 1. The van der Waals surface area contributed by atoms with Crippen molar-refractivity contribution < 1.29 is 0 Å². The lowest BCUT2D eigenvalue weighted by atomic mass is 9.67. The van der Waals surface area contributed by atoms with E-state index in [1.165, 1.54) is 24.0 Å². The van der Waals surface area contributed by atoms with Gasteiger partial charge in [0.25, 0.3) is 0 Å². The number of hydrogen-bond donors (Lipinski definition) is 1. The van der Waals surface area contributed by atoms with Gasteiger partial charge in [0.05, 0.1) is 0 Å². The number of nitrogens with one attached hydrogen (secondary N) is 1. The zero-order chi connectivity index (χ0) is 11.7. The molecule has 0 spiro atoms. The van der Waals surface area contributed by atoms with E-state index in [0.29, 0.717) is 0 Å². The highest BCUT2D eigenvalue weighted by molar-refractivity contribution is 5.41. The largest absolute Gasteiger partial charge is 0.310 e. The number of rotatable bonds is 2. The van der Waals surface area contributed by atoms with E-state index in [9.17, 15) is 0 Å². The van der Waals surface area contributed by atoms with E-state index in [0.717, 1.165) is 0 Å². The molecule has 1 unspecified atom stereocenters. The molecule has 0 radical (unpaired) electrons. The maximum atomic E-state index is 3.51. The summed E-state index contributed by atoms with van der Waals surface area (Å²) in [7, 11) is 2.06. The summed E-state index contributed by atoms with van der Waals surface area (Å²) in [6, 6.07) is 0. The quantitative estimate of drug-likeness (QED) is 0.728. The third-order valence-electron chi connectivity index (χ3n) is 3.93. The van der Waals surface area contributed by atoms with Crippen molar-refractivity contribution in [2.24, 2.45) is 5.41 Å². The van der Waals surface area contributed by atoms with Crippen LogP contribution in [-0.2, 0) is 0 Å². The van der Waals surface area contributed by atoms with Gasteiger partial charge in [-0.25, -0.2) is 0 Å². The molecule has 0 bridgehead atoms. The normalized spacial score (nSPS) is 21.7. The van der Waals surface area contributed by atoms with Crippen LogP contribution in [-0.4, -0.2) is 12.6 Å². The van der Waals surface area contributed by atoms with Gasteiger partial charge >= 0.3 is 0 Å². The average molecular weight is 207 g/mol. The zero-order valence-corrected chi connectivity index (χ0v) is 11.1. The fraction of sp³-hybridized carbons (Fsp3) is 0.714. The van der Waals surface area contributed by atoms with E-state index in [4.69, 9.17) is 0 Å². The highest BCUT2D eigenvalue weighted by atomic mass is 15.0. The molecule has 1 aliphatic carbocycles. The van der Waals surface area contributed by atoms with Gasteiger partial charge in [0.1, 0.15) is 0 Å². The molecule has 15 heavy (non-hydrogen) atoms. The minimum atomic E-state index is 0.0635. The van der Waals surface area contributed by atoms with E-state index in [-0.39, 0.29) is 11.0 Å². The summed E-state index contributed by atoms with van der Waals surface area (Å²) in [6.45, 7) is 11.4. The summed E-state index contributed by atoms with van der Waals surface area (Å²) in [6.07, 6.45) is 7.13. The fourth-order valence-electron chi connectivity index (χ4n) is 2.31. The molecule has 86 valence electrons. The predicted molar refractivity (Wildman–Crippen MR) is 68.0 cm³/mol. The van der Waals surface area contributed by atoms with Crippen LogP contribution in [0.1, 0.15) is 47.5 Å². The van der Waals surface area contributed by atoms with E-state index >= 15 is 0 Å². The van der Waals surface area contributed by atoms with Crippen LogP contribution in [0, 0.1) is 5.41 Å². The Morgan fingerprint density at radius 2 is 1.60 bits per heavy atom. The van der Waals surface area contributed by atoms with Crippen LogP contribution in [0.5, 0.6) is 0 Å². The maximum Gasteiger partial charge on any atom is 0.0451 e. The van der Waals surface area contributed by atoms with Gasteiger partial charge in [0, 0.05) is 5.54 Å². The monoisotopic (exact) mass is 207 g/mol. The number of allylic oxidation sites excluding steroid dienone is 2. The third-order valence-corrected chi connectivity index (χ3v) is 3.93. The van der Waals surface area contributed by atoms with Crippen LogP contribution < -0.4 is 5.32 Å². The van der Waals surface area contributed by atoms with E-state index in [1.54, 1.807) is 0 Å². The van der Waals surface area contributed by atoms with Crippen molar-refractivity contribution in [3.05, 3.63) is 23.3 Å². The van der Waals surface area contributed by atoms with Crippen molar-refractivity contribution in [2.75, 3.05) is 7.05 Å². The second kappa shape index (κ2) is 4.13. The first-order chi connectivity index (χ1) is 6.83. The second-order valence-electron chi connectivity index (χ2n) is 5.71. The Balaban J connectivity index is 3.12. The lowest BCUT2D eigenvalue weighted by Crippen LogP contribution is -2.52. The summed E-state index contributed by atoms with van der Waals surface area (Å²) in [5, 5.41) is 3.51. The van der Waals surface area contributed by atoms with Gasteiger partial charge in [-0.3, -0.25) is 0 Å². The van der Waals surface area contributed by atoms with Crippen LogP contribution in [0.4, 0.5) is 0 Å². The Hall–Kier alpha value is -0.560. The molecule has 1 atom stereocenters. The molecule has 0 aromatic carbocycles. The smallest absolute Gasteiger partial charge is 0.0451 e. The molecule has 1 aliphatic rings. The highest BCUT2D eigenvalue weighted by Gasteiger charge is 2.39. The van der Waals surface area contributed by atoms with Gasteiger partial charge in [-0.1, -0.05) is 38.5 Å². The van der Waals surface area contributed by atoms with Gasteiger partial charge in [-0.2, -0.15) is 0 Å². The SMILES string of the molecule is CNC(C)(C1=CCCC=C1C)C(C)(C)C. The van der Waals surface area contributed by atoms with Gasteiger partial charge in [0.15, 0.2) is 0 Å². The number of hydrogen-bond acceptors (Lipinski definition) is 1. The molecule has 0 saturated carbocycles. The van der Waals surface area contributed by atoms with Gasteiger partial charge in [-0.15, -0.1) is 0 Å². The molecule has 1 heteroatoms. The molecule has 0 fully saturated rings. The molecular weight excluding hydrogens is 182 g/mol. The molecule has 0 heterocycles. The summed E-state index contributed by atoms with van der Waals surface area (Å²) >= 11 is 0. The van der Waals surface area contributed by atoms with Crippen molar-refractivity contribution in [3.63, 3.8) is 0 Å². The third kappa shape index (κ3) is 2.17. The van der Waals surface area contributed by atoms with Crippen molar-refractivity contribution in [3.8, 4) is 0 Å². The summed E-state index contributed by atoms with van der Waals surface area (Å²) < 4.78 is 0. The minimum Gasteiger partial charge on any atom is -0.310 e. The standard InChI is InChI=1S/C14H25N/c1-11-9-7-8-10-12(11)14(5,15-6)13(2,3)4/h9-10,15H,7-8H2,1-6H3. The Bertz CT molecular complexity index is 291. The lowest BCUT2D eigenvalue weighted by Gasteiger charge is -2.45. The van der Waals surface area contributed by atoms with Crippen LogP contribution in [0.15, 0.2) is 23.3 Å². The maximum absolute atomic E-state index is 3.51. The van der Waals surface area contributed by atoms with Crippen LogP contribution >= 0.6 is 0 Å². The van der Waals surface area contributed by atoms with Crippen molar-refractivity contribution in [1.82, 2.24) is 5.32 Å². The first-order valence-electron chi connectivity index (χ1n) is 5.89. The molecule has 0 aromatic rings. The summed E-state index contributed by atoms with van der Waals surface area (Å²) in [5.74, 6) is 0. The van der Waals surface area contributed by atoms with Crippen molar-refractivity contribution in [2.45, 2.75) is 53.0 Å². The van der Waals surface area contributed by atoms with Gasteiger partial charge in [-0.05, 0) is 44.7 Å². The molecule has 0 amide bonds. The minimum absolute atomic E-state index is 0.0635. The molecule has 0 aromatic heterocycles. The highest BCUT2D eigenvalue weighted by Crippen LogP contribution is 2.40. The Kier molecular flexibility index (Phi) is 3.44. The van der Waals surface area contributed by atoms with Crippen LogP contribution in [0.2, 0.25) is 0 Å². The van der Waals surface area contributed by atoms with Crippen LogP contribution in [0.3, 0.4) is 0 Å². The van der Waals surface area contributed by atoms with Crippen molar-refractivity contribution in [1.29, 1.82) is 0 Å². The molecule has 1 nitrogen and oxygen atoms in total. The van der Waals surface area contributed by atoms with E-state index in [2.05, 4.69) is 59.1 Å². The Morgan fingerprint density at radius 3 is 2.00 bits per heavy atom. The van der Waals surface area contributed by atoms with Crippen LogP contribution in [0.25, 0.3) is 0 Å². The fourth-order valence-corrected chi connectivity index (χ4v) is 2.31. The molecule has 0 aliphatic heterocycles. The first-order valence-corrected chi connectivity index (χ1v) is 5.89. The first kappa shape index (κ1) is 12.5. The van der Waals surface area contributed by atoms with E-state index in [1.807, 2.05) is 0 Å². The lowest BCUT2D eigenvalue weighted by molar-refractivity contribution is 0.208. The second-order valence-corrected chi connectivity index (χ2v) is 5.71. The molecule has 1 N–H and O–H groups in total. The Labute approximate surface area is 94.6 Å². The average Bonchev–Trinajstić information content (AvgIpc) is 2.15.